The Morgan fingerprint density at radius 1 is 1.33 bits per heavy atom. The summed E-state index contributed by atoms with van der Waals surface area (Å²) in [6.07, 6.45) is 0. The van der Waals surface area contributed by atoms with Crippen LogP contribution < -0.4 is 0 Å². The van der Waals surface area contributed by atoms with Gasteiger partial charge in [-0.25, -0.2) is 0 Å². The molecule has 2 nitrogen and oxygen atoms in total. The van der Waals surface area contributed by atoms with Crippen LogP contribution in [0.15, 0.2) is 18.2 Å². The van der Waals surface area contributed by atoms with E-state index in [1.54, 1.807) is 0 Å². The third-order valence-electron chi connectivity index (χ3n) is 2.79. The molecular weight excluding hydrogens is 184 g/mol. The number of rotatable bonds is 1. The number of aromatic nitrogens is 1. The zero-order chi connectivity index (χ0) is 11.0. The van der Waals surface area contributed by atoms with Gasteiger partial charge in [-0.1, -0.05) is 19.9 Å². The van der Waals surface area contributed by atoms with Crippen LogP contribution in [0.1, 0.15) is 36.6 Å². The number of benzene rings is 1. The Hall–Kier alpha value is -1.75. The molecule has 1 aromatic carbocycles. The fraction of sp³-hybridized carbons (Fsp3) is 0.308. The van der Waals surface area contributed by atoms with E-state index < -0.39 is 0 Å². The number of aryl methyl sites for hydroxylation is 1. The maximum Gasteiger partial charge on any atom is 0.102 e. The zero-order valence-electron chi connectivity index (χ0n) is 9.26. The molecular formula is C13H14N2. The molecule has 0 saturated heterocycles. The fourth-order valence-corrected chi connectivity index (χ4v) is 1.85. The van der Waals surface area contributed by atoms with Crippen molar-refractivity contribution in [3.8, 4) is 6.07 Å². The van der Waals surface area contributed by atoms with Gasteiger partial charge in [-0.2, -0.15) is 5.26 Å². The minimum Gasteiger partial charge on any atom is -0.358 e. The number of H-pyrrole nitrogens is 1. The molecule has 1 heterocycles. The van der Waals surface area contributed by atoms with Crippen LogP contribution in [0.4, 0.5) is 0 Å². The van der Waals surface area contributed by atoms with Crippen molar-refractivity contribution in [2.75, 3.05) is 0 Å². The number of hydrogen-bond donors (Lipinski definition) is 1. The van der Waals surface area contributed by atoms with Crippen LogP contribution in [0.25, 0.3) is 10.9 Å². The number of aromatic amines is 1. The first-order valence-corrected chi connectivity index (χ1v) is 5.16. The summed E-state index contributed by atoms with van der Waals surface area (Å²) in [7, 11) is 0. The lowest BCUT2D eigenvalue weighted by Gasteiger charge is -2.04. The Balaban J connectivity index is 2.75. The second kappa shape index (κ2) is 3.43. The maximum absolute atomic E-state index is 9.06. The van der Waals surface area contributed by atoms with Crippen LogP contribution in [0.2, 0.25) is 0 Å². The van der Waals surface area contributed by atoms with Crippen molar-refractivity contribution >= 4 is 10.9 Å². The lowest BCUT2D eigenvalue weighted by molar-refractivity contribution is 0.869. The first-order valence-electron chi connectivity index (χ1n) is 5.16. The monoisotopic (exact) mass is 198 g/mol. The van der Waals surface area contributed by atoms with Crippen molar-refractivity contribution in [1.82, 2.24) is 4.98 Å². The van der Waals surface area contributed by atoms with Gasteiger partial charge in [0.15, 0.2) is 0 Å². The normalized spacial score (nSPS) is 10.9. The quantitative estimate of drug-likeness (QED) is 0.748. The van der Waals surface area contributed by atoms with Crippen molar-refractivity contribution in [3.63, 3.8) is 0 Å². The van der Waals surface area contributed by atoms with Crippen LogP contribution >= 0.6 is 0 Å². The Bertz CT molecular complexity index is 541. The Kier molecular flexibility index (Phi) is 2.24. The molecule has 0 aliphatic heterocycles. The summed E-state index contributed by atoms with van der Waals surface area (Å²) < 4.78 is 0. The summed E-state index contributed by atoms with van der Waals surface area (Å²) in [5.74, 6) is 0.496. The second-order valence-electron chi connectivity index (χ2n) is 4.20. The zero-order valence-corrected chi connectivity index (χ0v) is 9.26. The Morgan fingerprint density at radius 2 is 2.07 bits per heavy atom. The summed E-state index contributed by atoms with van der Waals surface area (Å²) in [6, 6.07) is 8.54. The van der Waals surface area contributed by atoms with Gasteiger partial charge in [-0.05, 0) is 30.5 Å². The average Bonchev–Trinajstić information content (AvgIpc) is 2.51. The van der Waals surface area contributed by atoms with Gasteiger partial charge in [-0.15, -0.1) is 0 Å². The molecule has 0 aliphatic rings. The highest BCUT2D eigenvalue weighted by Crippen LogP contribution is 2.25. The molecule has 0 radical (unpaired) electrons. The van der Waals surface area contributed by atoms with Crippen molar-refractivity contribution in [2.45, 2.75) is 26.7 Å². The van der Waals surface area contributed by atoms with Gasteiger partial charge in [0, 0.05) is 16.6 Å². The predicted molar refractivity (Wildman–Crippen MR) is 61.8 cm³/mol. The van der Waals surface area contributed by atoms with Gasteiger partial charge in [-0.3, -0.25) is 0 Å². The Morgan fingerprint density at radius 3 is 2.67 bits per heavy atom. The average molecular weight is 198 g/mol. The van der Waals surface area contributed by atoms with E-state index in [0.717, 1.165) is 22.2 Å². The summed E-state index contributed by atoms with van der Waals surface area (Å²) in [5, 5.41) is 10.1. The molecule has 0 unspecified atom stereocenters. The lowest BCUT2D eigenvalue weighted by atomic mass is 10.0. The van der Waals surface area contributed by atoms with Crippen molar-refractivity contribution < 1.29 is 0 Å². The molecule has 0 fully saturated rings. The SMILES string of the molecule is Cc1[nH]c2ccc(C(C)C)cc2c1C#N. The maximum atomic E-state index is 9.06. The number of nitrogens with zero attached hydrogens (tertiary/aromatic N) is 1. The number of nitriles is 1. The highest BCUT2D eigenvalue weighted by molar-refractivity contribution is 5.87. The van der Waals surface area contributed by atoms with Crippen LogP contribution in [0, 0.1) is 18.3 Å². The summed E-state index contributed by atoms with van der Waals surface area (Å²) in [4.78, 5) is 3.22. The minimum absolute atomic E-state index is 0.496. The molecule has 2 rings (SSSR count). The molecule has 15 heavy (non-hydrogen) atoms. The molecule has 2 aromatic rings. The lowest BCUT2D eigenvalue weighted by Crippen LogP contribution is -1.86. The molecule has 0 saturated carbocycles. The largest absolute Gasteiger partial charge is 0.358 e. The molecule has 1 N–H and O–H groups in total. The molecule has 2 heteroatoms. The molecule has 0 spiro atoms. The standard InChI is InChI=1S/C13H14N2/c1-8(2)10-4-5-13-11(6-10)12(7-14)9(3)15-13/h4-6,8,15H,1-3H3. The van der Waals surface area contributed by atoms with E-state index in [1.807, 2.05) is 6.92 Å². The second-order valence-corrected chi connectivity index (χ2v) is 4.20. The van der Waals surface area contributed by atoms with E-state index in [2.05, 4.69) is 43.1 Å². The van der Waals surface area contributed by atoms with Gasteiger partial charge in [0.1, 0.15) is 6.07 Å². The third-order valence-corrected chi connectivity index (χ3v) is 2.79. The highest BCUT2D eigenvalue weighted by Gasteiger charge is 2.09. The van der Waals surface area contributed by atoms with Crippen molar-refractivity contribution in [2.24, 2.45) is 0 Å². The smallest absolute Gasteiger partial charge is 0.102 e. The van der Waals surface area contributed by atoms with E-state index in [0.29, 0.717) is 5.92 Å². The van der Waals surface area contributed by atoms with E-state index in [4.69, 9.17) is 5.26 Å². The first kappa shape index (κ1) is 9.79. The summed E-state index contributed by atoms with van der Waals surface area (Å²) in [6.45, 7) is 6.26. The van der Waals surface area contributed by atoms with Crippen molar-refractivity contribution in [3.05, 3.63) is 35.0 Å². The minimum atomic E-state index is 0.496. The predicted octanol–water partition coefficient (Wildman–Crippen LogP) is 3.47. The molecule has 76 valence electrons. The van der Waals surface area contributed by atoms with Gasteiger partial charge in [0.05, 0.1) is 5.56 Å². The molecule has 1 aromatic heterocycles. The summed E-state index contributed by atoms with van der Waals surface area (Å²) in [5.41, 5.74) is 4.05. The van der Waals surface area contributed by atoms with E-state index in [1.165, 1.54) is 5.56 Å². The Labute approximate surface area is 89.5 Å². The number of nitrogens with one attached hydrogen (secondary N) is 1. The topological polar surface area (TPSA) is 39.6 Å². The number of hydrogen-bond acceptors (Lipinski definition) is 1. The molecule has 0 atom stereocenters. The fourth-order valence-electron chi connectivity index (χ4n) is 1.85. The van der Waals surface area contributed by atoms with Crippen LogP contribution in [0.3, 0.4) is 0 Å². The third kappa shape index (κ3) is 1.50. The van der Waals surface area contributed by atoms with E-state index in [9.17, 15) is 0 Å². The van der Waals surface area contributed by atoms with Crippen molar-refractivity contribution in [1.29, 1.82) is 5.26 Å². The molecule has 0 amide bonds. The van der Waals surface area contributed by atoms with Gasteiger partial charge in [0.2, 0.25) is 0 Å². The van der Waals surface area contributed by atoms with E-state index >= 15 is 0 Å². The first-order chi connectivity index (χ1) is 7.13. The molecule has 0 bridgehead atoms. The van der Waals surface area contributed by atoms with Crippen LogP contribution in [-0.4, -0.2) is 4.98 Å². The highest BCUT2D eigenvalue weighted by atomic mass is 14.7. The molecule has 0 aliphatic carbocycles. The van der Waals surface area contributed by atoms with Gasteiger partial charge in [0.25, 0.3) is 0 Å². The van der Waals surface area contributed by atoms with Gasteiger partial charge < -0.3 is 4.98 Å². The van der Waals surface area contributed by atoms with Crippen LogP contribution in [0.5, 0.6) is 0 Å². The van der Waals surface area contributed by atoms with Crippen LogP contribution in [-0.2, 0) is 0 Å². The summed E-state index contributed by atoms with van der Waals surface area (Å²) >= 11 is 0. The van der Waals surface area contributed by atoms with Gasteiger partial charge >= 0.3 is 0 Å². The van der Waals surface area contributed by atoms with E-state index in [-0.39, 0.29) is 0 Å². The number of fused-ring (bicyclic) bond motifs is 1.